The van der Waals surface area contributed by atoms with Crippen molar-refractivity contribution in [1.82, 2.24) is 15.3 Å². The molecule has 100 valence electrons. The molecule has 2 rings (SSSR count). The fourth-order valence-electron chi connectivity index (χ4n) is 2.28. The Morgan fingerprint density at radius 2 is 2.17 bits per heavy atom. The van der Waals surface area contributed by atoms with Crippen LogP contribution in [0.4, 0.5) is 5.82 Å². The molecule has 0 saturated carbocycles. The fourth-order valence-corrected chi connectivity index (χ4v) is 2.28. The summed E-state index contributed by atoms with van der Waals surface area (Å²) >= 11 is 0. The van der Waals surface area contributed by atoms with Gasteiger partial charge in [0, 0.05) is 13.6 Å². The average Bonchev–Trinajstić information content (AvgIpc) is 2.40. The van der Waals surface area contributed by atoms with Crippen LogP contribution in [-0.2, 0) is 0 Å². The summed E-state index contributed by atoms with van der Waals surface area (Å²) in [6, 6.07) is 0. The van der Waals surface area contributed by atoms with Crippen LogP contribution in [0.1, 0.15) is 19.8 Å². The maximum atomic E-state index is 5.38. The topological polar surface area (TPSA) is 50.3 Å². The van der Waals surface area contributed by atoms with Gasteiger partial charge in [-0.2, -0.15) is 4.98 Å². The van der Waals surface area contributed by atoms with Crippen LogP contribution in [0.25, 0.3) is 0 Å². The van der Waals surface area contributed by atoms with E-state index >= 15 is 0 Å². The van der Waals surface area contributed by atoms with Crippen molar-refractivity contribution < 1.29 is 4.74 Å². The molecule has 2 heterocycles. The minimum atomic E-state index is 0.604. The second-order valence-electron chi connectivity index (χ2n) is 4.72. The minimum absolute atomic E-state index is 0.604. The summed E-state index contributed by atoms with van der Waals surface area (Å²) in [6.07, 6.45) is 5.93. The quantitative estimate of drug-likeness (QED) is 0.854. The lowest BCUT2D eigenvalue weighted by Gasteiger charge is -2.28. The predicted octanol–water partition coefficient (Wildman–Crippen LogP) is 1.31. The molecule has 5 heteroatoms. The first-order chi connectivity index (χ1) is 8.79. The number of ether oxygens (including phenoxy) is 1. The number of hydrogen-bond donors (Lipinski definition) is 1. The van der Waals surface area contributed by atoms with Gasteiger partial charge in [-0.3, -0.25) is 4.98 Å². The van der Waals surface area contributed by atoms with Crippen LogP contribution in [0.5, 0.6) is 5.88 Å². The summed E-state index contributed by atoms with van der Waals surface area (Å²) in [4.78, 5) is 10.8. The van der Waals surface area contributed by atoms with Crippen LogP contribution in [-0.4, -0.2) is 43.3 Å². The van der Waals surface area contributed by atoms with Crippen molar-refractivity contribution in [3.05, 3.63) is 12.4 Å². The van der Waals surface area contributed by atoms with Gasteiger partial charge >= 0.3 is 0 Å². The Labute approximate surface area is 109 Å². The van der Waals surface area contributed by atoms with Crippen LogP contribution in [0.2, 0.25) is 0 Å². The van der Waals surface area contributed by atoms with Crippen molar-refractivity contribution in [3.8, 4) is 5.88 Å². The van der Waals surface area contributed by atoms with Gasteiger partial charge in [-0.1, -0.05) is 0 Å². The molecule has 1 aromatic rings. The van der Waals surface area contributed by atoms with Crippen molar-refractivity contribution in [1.29, 1.82) is 0 Å². The van der Waals surface area contributed by atoms with E-state index in [-0.39, 0.29) is 0 Å². The Bertz CT molecular complexity index is 366. The van der Waals surface area contributed by atoms with E-state index in [9.17, 15) is 0 Å². The second kappa shape index (κ2) is 6.54. The van der Waals surface area contributed by atoms with Crippen LogP contribution in [0, 0.1) is 5.92 Å². The van der Waals surface area contributed by atoms with E-state index in [0.29, 0.717) is 12.5 Å². The molecule has 0 atom stereocenters. The Balaban J connectivity index is 1.94. The molecular formula is C13H22N4O. The van der Waals surface area contributed by atoms with E-state index in [2.05, 4.69) is 27.2 Å². The second-order valence-corrected chi connectivity index (χ2v) is 4.72. The highest BCUT2D eigenvalue weighted by Crippen LogP contribution is 2.18. The van der Waals surface area contributed by atoms with Crippen LogP contribution >= 0.6 is 0 Å². The monoisotopic (exact) mass is 250 g/mol. The van der Waals surface area contributed by atoms with Crippen LogP contribution in [0.3, 0.4) is 0 Å². The number of nitrogens with zero attached hydrogens (tertiary/aromatic N) is 3. The summed E-state index contributed by atoms with van der Waals surface area (Å²) in [5, 5.41) is 3.39. The molecule has 0 unspecified atom stereocenters. The highest BCUT2D eigenvalue weighted by atomic mass is 16.5. The van der Waals surface area contributed by atoms with Gasteiger partial charge in [0.2, 0.25) is 5.88 Å². The lowest BCUT2D eigenvalue weighted by Crippen LogP contribution is -2.34. The van der Waals surface area contributed by atoms with Crippen molar-refractivity contribution in [2.75, 3.05) is 38.2 Å². The average molecular weight is 250 g/mol. The third-order valence-corrected chi connectivity index (χ3v) is 3.27. The Morgan fingerprint density at radius 1 is 1.39 bits per heavy atom. The lowest BCUT2D eigenvalue weighted by atomic mass is 9.98. The normalized spacial score (nSPS) is 16.6. The van der Waals surface area contributed by atoms with Gasteiger partial charge in [-0.15, -0.1) is 0 Å². The fraction of sp³-hybridized carbons (Fsp3) is 0.692. The number of rotatable bonds is 5. The molecule has 1 saturated heterocycles. The van der Waals surface area contributed by atoms with E-state index in [4.69, 9.17) is 4.74 Å². The zero-order valence-corrected chi connectivity index (χ0v) is 11.2. The molecular weight excluding hydrogens is 228 g/mol. The molecule has 18 heavy (non-hydrogen) atoms. The smallest absolute Gasteiger partial charge is 0.234 e. The van der Waals surface area contributed by atoms with Gasteiger partial charge in [0.1, 0.15) is 0 Å². The molecule has 1 aromatic heterocycles. The van der Waals surface area contributed by atoms with Crippen molar-refractivity contribution in [3.63, 3.8) is 0 Å². The summed E-state index contributed by atoms with van der Waals surface area (Å²) in [5.41, 5.74) is 0. The molecule has 1 N–H and O–H groups in total. The predicted molar refractivity (Wildman–Crippen MR) is 72.1 cm³/mol. The molecule has 0 spiro atoms. The molecule has 1 aliphatic rings. The number of nitrogens with one attached hydrogen (secondary N) is 1. The lowest BCUT2D eigenvalue weighted by molar-refractivity contribution is 0.325. The van der Waals surface area contributed by atoms with Crippen molar-refractivity contribution in [2.24, 2.45) is 5.92 Å². The van der Waals surface area contributed by atoms with Gasteiger partial charge in [-0.05, 0) is 38.8 Å². The molecule has 0 aliphatic carbocycles. The molecule has 1 aliphatic heterocycles. The first-order valence-electron chi connectivity index (χ1n) is 6.66. The molecule has 0 radical (unpaired) electrons. The molecule has 0 bridgehead atoms. The van der Waals surface area contributed by atoms with Crippen LogP contribution in [0.15, 0.2) is 12.4 Å². The van der Waals surface area contributed by atoms with Gasteiger partial charge in [0.15, 0.2) is 5.82 Å². The summed E-state index contributed by atoms with van der Waals surface area (Å²) in [6.45, 7) is 5.86. The molecule has 1 fully saturated rings. The first kappa shape index (κ1) is 13.1. The molecule has 0 aromatic carbocycles. The van der Waals surface area contributed by atoms with Crippen molar-refractivity contribution in [2.45, 2.75) is 19.8 Å². The highest BCUT2D eigenvalue weighted by Gasteiger charge is 2.16. The number of aromatic nitrogens is 2. The van der Waals surface area contributed by atoms with Gasteiger partial charge in [0.25, 0.3) is 0 Å². The number of piperidine rings is 1. The Hall–Kier alpha value is -1.36. The minimum Gasteiger partial charge on any atom is -0.477 e. The van der Waals surface area contributed by atoms with E-state index in [0.717, 1.165) is 31.4 Å². The summed E-state index contributed by atoms with van der Waals surface area (Å²) in [5.74, 6) is 2.24. The number of anilines is 1. The maximum Gasteiger partial charge on any atom is 0.234 e. The number of hydrogen-bond acceptors (Lipinski definition) is 5. The summed E-state index contributed by atoms with van der Waals surface area (Å²) in [7, 11) is 2.07. The van der Waals surface area contributed by atoms with Gasteiger partial charge in [0.05, 0.1) is 19.0 Å². The Morgan fingerprint density at radius 3 is 2.89 bits per heavy atom. The molecule has 5 nitrogen and oxygen atoms in total. The Kier molecular flexibility index (Phi) is 4.75. The summed E-state index contributed by atoms with van der Waals surface area (Å²) < 4.78 is 5.38. The largest absolute Gasteiger partial charge is 0.477 e. The third-order valence-electron chi connectivity index (χ3n) is 3.27. The SMILES string of the molecule is CCOc1cncc(N(C)CC2CCNCC2)n1. The van der Waals surface area contributed by atoms with Gasteiger partial charge < -0.3 is 15.0 Å². The van der Waals surface area contributed by atoms with E-state index in [1.807, 2.05) is 6.92 Å². The van der Waals surface area contributed by atoms with E-state index in [1.54, 1.807) is 12.4 Å². The van der Waals surface area contributed by atoms with E-state index < -0.39 is 0 Å². The third kappa shape index (κ3) is 3.57. The maximum absolute atomic E-state index is 5.38. The first-order valence-corrected chi connectivity index (χ1v) is 6.66. The van der Waals surface area contributed by atoms with Crippen LogP contribution < -0.4 is 15.0 Å². The zero-order chi connectivity index (χ0) is 12.8. The van der Waals surface area contributed by atoms with Gasteiger partial charge in [-0.25, -0.2) is 0 Å². The highest BCUT2D eigenvalue weighted by molar-refractivity contribution is 5.36. The van der Waals surface area contributed by atoms with E-state index in [1.165, 1.54) is 12.8 Å². The zero-order valence-electron chi connectivity index (χ0n) is 11.2. The van der Waals surface area contributed by atoms with Crippen molar-refractivity contribution >= 4 is 5.82 Å². The standard InChI is InChI=1S/C13H22N4O/c1-3-18-13-9-15-8-12(16-13)17(2)10-11-4-6-14-7-5-11/h8-9,11,14H,3-7,10H2,1-2H3. The molecule has 0 amide bonds.